The molecule has 7 heteroatoms. The molecule has 0 saturated carbocycles. The van der Waals surface area contributed by atoms with Crippen LogP contribution in [-0.4, -0.2) is 27.8 Å². The van der Waals surface area contributed by atoms with E-state index in [1.54, 1.807) is 36.1 Å². The molecule has 0 aliphatic heterocycles. The number of hydrogen-bond donors (Lipinski definition) is 1. The predicted molar refractivity (Wildman–Crippen MR) is 117 cm³/mol. The van der Waals surface area contributed by atoms with Crippen LogP contribution in [0, 0.1) is 6.92 Å². The largest absolute Gasteiger partial charge is 0.495 e. The van der Waals surface area contributed by atoms with Gasteiger partial charge in [-0.1, -0.05) is 35.9 Å². The molecule has 4 rings (SSSR count). The van der Waals surface area contributed by atoms with Gasteiger partial charge in [-0.15, -0.1) is 5.10 Å². The highest BCUT2D eigenvalue weighted by molar-refractivity contribution is 6.30. The van der Waals surface area contributed by atoms with Crippen molar-refractivity contribution in [3.63, 3.8) is 0 Å². The van der Waals surface area contributed by atoms with Gasteiger partial charge in [-0.3, -0.25) is 4.79 Å². The van der Waals surface area contributed by atoms with Gasteiger partial charge in [-0.2, -0.15) is 0 Å². The molecule has 1 N–H and O–H groups in total. The van der Waals surface area contributed by atoms with Crippen LogP contribution in [0.5, 0.6) is 5.75 Å². The maximum absolute atomic E-state index is 12.9. The van der Waals surface area contributed by atoms with Gasteiger partial charge in [0.2, 0.25) is 5.82 Å². The lowest BCUT2D eigenvalue weighted by Gasteiger charge is -2.08. The van der Waals surface area contributed by atoms with Crippen LogP contribution in [0.2, 0.25) is 5.02 Å². The van der Waals surface area contributed by atoms with E-state index in [0.29, 0.717) is 22.3 Å². The number of halogens is 1. The van der Waals surface area contributed by atoms with E-state index >= 15 is 0 Å². The number of anilines is 1. The number of aryl methyl sites for hydroxylation is 1. The molecule has 4 aromatic rings. The lowest BCUT2D eigenvalue weighted by atomic mass is 10.2. The van der Waals surface area contributed by atoms with Gasteiger partial charge in [0.25, 0.3) is 5.91 Å². The normalized spacial score (nSPS) is 10.6. The predicted octanol–water partition coefficient (Wildman–Crippen LogP) is 5.16. The van der Waals surface area contributed by atoms with Crippen LogP contribution < -0.4 is 10.1 Å². The molecular weight excluding hydrogens is 400 g/mol. The van der Waals surface area contributed by atoms with Crippen molar-refractivity contribution in [2.24, 2.45) is 0 Å². The van der Waals surface area contributed by atoms with Crippen LogP contribution in [0.1, 0.15) is 16.2 Å². The number of para-hydroxylation sites is 2. The summed E-state index contributed by atoms with van der Waals surface area (Å²) in [7, 11) is 1.55. The summed E-state index contributed by atoms with van der Waals surface area (Å²) >= 11 is 6.03. The first-order chi connectivity index (χ1) is 14.5. The number of methoxy groups -OCH3 is 1. The van der Waals surface area contributed by atoms with Crippen LogP contribution in [-0.2, 0) is 0 Å². The molecule has 0 bridgehead atoms. The van der Waals surface area contributed by atoms with Gasteiger partial charge in [0.05, 0.1) is 18.5 Å². The summed E-state index contributed by atoms with van der Waals surface area (Å²) in [5.74, 6) is 0.720. The third kappa shape index (κ3) is 4.04. The van der Waals surface area contributed by atoms with Crippen molar-refractivity contribution >= 4 is 23.2 Å². The van der Waals surface area contributed by atoms with E-state index in [2.05, 4.69) is 15.4 Å². The third-order valence-corrected chi connectivity index (χ3v) is 4.77. The van der Waals surface area contributed by atoms with E-state index in [1.807, 2.05) is 55.5 Å². The van der Waals surface area contributed by atoms with E-state index in [0.717, 1.165) is 16.8 Å². The highest BCUT2D eigenvalue weighted by Crippen LogP contribution is 2.26. The van der Waals surface area contributed by atoms with Gasteiger partial charge in [0.1, 0.15) is 5.75 Å². The van der Waals surface area contributed by atoms with E-state index < -0.39 is 5.91 Å². The third-order valence-electron chi connectivity index (χ3n) is 4.51. The number of rotatable bonds is 5. The summed E-state index contributed by atoms with van der Waals surface area (Å²) < 4.78 is 6.96. The Labute approximate surface area is 179 Å². The maximum atomic E-state index is 12.9. The number of nitrogens with zero attached hydrogens (tertiary/aromatic N) is 3. The van der Waals surface area contributed by atoms with Crippen LogP contribution >= 0.6 is 11.6 Å². The Morgan fingerprint density at radius 3 is 2.53 bits per heavy atom. The van der Waals surface area contributed by atoms with Crippen LogP contribution in [0.15, 0.2) is 72.8 Å². The van der Waals surface area contributed by atoms with Crippen LogP contribution in [0.25, 0.3) is 17.1 Å². The minimum Gasteiger partial charge on any atom is -0.495 e. The fraction of sp³-hybridized carbons (Fsp3) is 0.0870. The maximum Gasteiger partial charge on any atom is 0.295 e. The lowest BCUT2D eigenvalue weighted by Crippen LogP contribution is -2.15. The van der Waals surface area contributed by atoms with Crippen molar-refractivity contribution in [3.8, 4) is 22.8 Å². The van der Waals surface area contributed by atoms with E-state index in [-0.39, 0.29) is 5.82 Å². The average molecular weight is 419 g/mol. The number of carbonyl (C=O) groups is 1. The Bertz CT molecular complexity index is 1200. The minimum absolute atomic E-state index is 0.0485. The van der Waals surface area contributed by atoms with Crippen molar-refractivity contribution in [3.05, 3.63) is 89.2 Å². The Kier molecular flexibility index (Phi) is 5.50. The van der Waals surface area contributed by atoms with Gasteiger partial charge in [-0.05, 0) is 61.0 Å². The molecule has 0 radical (unpaired) electrons. The Morgan fingerprint density at radius 2 is 1.80 bits per heavy atom. The molecule has 0 unspecified atom stereocenters. The second kappa shape index (κ2) is 8.39. The van der Waals surface area contributed by atoms with Crippen molar-refractivity contribution in [2.75, 3.05) is 12.4 Å². The Morgan fingerprint density at radius 1 is 1.03 bits per heavy atom. The minimum atomic E-state index is -0.430. The molecule has 1 amide bonds. The molecule has 150 valence electrons. The first-order valence-corrected chi connectivity index (χ1v) is 9.67. The molecule has 0 saturated heterocycles. The molecule has 0 aliphatic carbocycles. The second-order valence-corrected chi connectivity index (χ2v) is 7.11. The Hall–Kier alpha value is -3.64. The molecule has 0 spiro atoms. The van der Waals surface area contributed by atoms with Gasteiger partial charge in [0, 0.05) is 10.6 Å². The molecular formula is C23H19ClN4O2. The van der Waals surface area contributed by atoms with E-state index in [1.165, 1.54) is 0 Å². The number of hydrogen-bond acceptors (Lipinski definition) is 4. The standard InChI is InChI=1S/C23H19ClN4O2/c1-15-6-5-7-18(14-15)28-22(16-10-12-17(24)13-11-16)26-21(27-28)23(29)25-19-8-3-4-9-20(19)30-2/h3-14H,1-2H3,(H,25,29). The zero-order valence-corrected chi connectivity index (χ0v) is 17.2. The molecule has 6 nitrogen and oxygen atoms in total. The van der Waals surface area contributed by atoms with Crippen molar-refractivity contribution < 1.29 is 9.53 Å². The van der Waals surface area contributed by atoms with E-state index in [4.69, 9.17) is 16.3 Å². The molecule has 0 aliphatic rings. The molecule has 0 fully saturated rings. The van der Waals surface area contributed by atoms with Gasteiger partial charge in [-0.25, -0.2) is 9.67 Å². The van der Waals surface area contributed by atoms with Gasteiger partial charge in [0.15, 0.2) is 5.82 Å². The number of aromatic nitrogens is 3. The number of nitrogens with one attached hydrogen (secondary N) is 1. The quantitative estimate of drug-likeness (QED) is 0.486. The fourth-order valence-corrected chi connectivity index (χ4v) is 3.19. The van der Waals surface area contributed by atoms with Gasteiger partial charge < -0.3 is 10.1 Å². The van der Waals surface area contributed by atoms with Crippen molar-refractivity contribution in [2.45, 2.75) is 6.92 Å². The topological polar surface area (TPSA) is 69.0 Å². The average Bonchev–Trinajstić information content (AvgIpc) is 3.20. The highest BCUT2D eigenvalue weighted by atomic mass is 35.5. The summed E-state index contributed by atoms with van der Waals surface area (Å²) in [4.78, 5) is 17.4. The number of carbonyl (C=O) groups excluding carboxylic acids is 1. The summed E-state index contributed by atoms with van der Waals surface area (Å²) in [5, 5.41) is 7.93. The van der Waals surface area contributed by atoms with Crippen LogP contribution in [0.4, 0.5) is 5.69 Å². The summed E-state index contributed by atoms with van der Waals surface area (Å²) in [6, 6.07) is 22.3. The Balaban J connectivity index is 1.76. The number of amides is 1. The first kappa shape index (κ1) is 19.7. The smallest absolute Gasteiger partial charge is 0.295 e. The lowest BCUT2D eigenvalue weighted by molar-refractivity contribution is 0.101. The number of benzene rings is 3. The highest BCUT2D eigenvalue weighted by Gasteiger charge is 2.20. The molecule has 30 heavy (non-hydrogen) atoms. The second-order valence-electron chi connectivity index (χ2n) is 6.67. The first-order valence-electron chi connectivity index (χ1n) is 9.29. The van der Waals surface area contributed by atoms with Crippen LogP contribution in [0.3, 0.4) is 0 Å². The zero-order chi connectivity index (χ0) is 21.1. The summed E-state index contributed by atoms with van der Waals surface area (Å²) in [5.41, 5.74) is 3.23. The van der Waals surface area contributed by atoms with E-state index in [9.17, 15) is 4.79 Å². The molecule has 3 aromatic carbocycles. The zero-order valence-electron chi connectivity index (χ0n) is 16.5. The summed E-state index contributed by atoms with van der Waals surface area (Å²) in [6.07, 6.45) is 0. The monoisotopic (exact) mass is 418 g/mol. The van der Waals surface area contributed by atoms with Crippen molar-refractivity contribution in [1.82, 2.24) is 14.8 Å². The SMILES string of the molecule is COc1ccccc1NC(=O)c1nc(-c2ccc(Cl)cc2)n(-c2cccc(C)c2)n1. The fourth-order valence-electron chi connectivity index (χ4n) is 3.06. The van der Waals surface area contributed by atoms with Gasteiger partial charge >= 0.3 is 0 Å². The molecule has 1 heterocycles. The number of ether oxygens (including phenoxy) is 1. The molecule has 0 atom stereocenters. The van der Waals surface area contributed by atoms with Crippen molar-refractivity contribution in [1.29, 1.82) is 0 Å². The molecule has 1 aromatic heterocycles. The summed E-state index contributed by atoms with van der Waals surface area (Å²) in [6.45, 7) is 2.00.